The Hall–Kier alpha value is -3.45. The molecule has 0 bridgehead atoms. The summed E-state index contributed by atoms with van der Waals surface area (Å²) < 4.78 is 15.7. The van der Waals surface area contributed by atoms with Gasteiger partial charge in [-0.1, -0.05) is 6.07 Å². The zero-order valence-electron chi connectivity index (χ0n) is 15.8. The molecule has 0 aromatic carbocycles. The van der Waals surface area contributed by atoms with Gasteiger partial charge in [-0.15, -0.1) is 11.3 Å². The average Bonchev–Trinajstić information content (AvgIpc) is 3.31. The van der Waals surface area contributed by atoms with E-state index in [0.29, 0.717) is 5.56 Å². The number of pyridine rings is 3. The second kappa shape index (κ2) is 6.86. The van der Waals surface area contributed by atoms with E-state index in [0.717, 1.165) is 43.6 Å². The van der Waals surface area contributed by atoms with Crippen molar-refractivity contribution in [3.63, 3.8) is 0 Å². The van der Waals surface area contributed by atoms with Crippen molar-refractivity contribution in [3.05, 3.63) is 72.7 Å². The average molecular weight is 401 g/mol. The van der Waals surface area contributed by atoms with E-state index in [1.165, 1.54) is 23.6 Å². The summed E-state index contributed by atoms with van der Waals surface area (Å²) in [5.41, 5.74) is 5.05. The quantitative estimate of drug-likeness (QED) is 0.413. The maximum Gasteiger partial charge on any atom is 0.142 e. The van der Waals surface area contributed by atoms with Gasteiger partial charge in [0.25, 0.3) is 0 Å². The van der Waals surface area contributed by atoms with Gasteiger partial charge in [0.15, 0.2) is 0 Å². The minimum absolute atomic E-state index is 0.377. The smallest absolute Gasteiger partial charge is 0.142 e. The lowest BCUT2D eigenvalue weighted by molar-refractivity contribution is 0.622. The lowest BCUT2D eigenvalue weighted by Crippen LogP contribution is -1.93. The molecule has 5 aromatic rings. The third kappa shape index (κ3) is 3.09. The molecule has 29 heavy (non-hydrogen) atoms. The van der Waals surface area contributed by atoms with Crippen LogP contribution in [0.3, 0.4) is 0 Å². The van der Waals surface area contributed by atoms with E-state index >= 15 is 0 Å². The Morgan fingerprint density at radius 3 is 2.72 bits per heavy atom. The van der Waals surface area contributed by atoms with Crippen molar-refractivity contribution in [2.24, 2.45) is 7.05 Å². The van der Waals surface area contributed by atoms with Gasteiger partial charge >= 0.3 is 0 Å². The minimum Gasteiger partial charge on any atom is -0.350 e. The monoisotopic (exact) mass is 401 g/mol. The molecule has 5 heterocycles. The van der Waals surface area contributed by atoms with Crippen molar-refractivity contribution in [1.29, 1.82) is 0 Å². The number of hydrogen-bond donors (Lipinski definition) is 0. The van der Waals surface area contributed by atoms with Crippen LogP contribution < -0.4 is 0 Å². The number of nitrogens with zero attached hydrogens (tertiary/aromatic N) is 5. The topological polar surface area (TPSA) is 56.5 Å². The molecular formula is C22H16FN5S. The van der Waals surface area contributed by atoms with Crippen molar-refractivity contribution in [3.8, 4) is 32.5 Å². The van der Waals surface area contributed by atoms with Gasteiger partial charge in [0, 0.05) is 36.6 Å². The minimum atomic E-state index is -0.377. The number of halogens is 1. The van der Waals surface area contributed by atoms with Crippen molar-refractivity contribution >= 4 is 22.2 Å². The predicted molar refractivity (Wildman–Crippen MR) is 113 cm³/mol. The summed E-state index contributed by atoms with van der Waals surface area (Å²) in [7, 11) is 2.01. The maximum atomic E-state index is 13.6. The van der Waals surface area contributed by atoms with E-state index in [9.17, 15) is 4.39 Å². The second-order valence-corrected chi connectivity index (χ2v) is 7.75. The number of fused-ring (bicyclic) bond motifs is 1. The van der Waals surface area contributed by atoms with Crippen molar-refractivity contribution in [1.82, 2.24) is 24.5 Å². The highest BCUT2D eigenvalue weighted by atomic mass is 32.1. The van der Waals surface area contributed by atoms with Crippen molar-refractivity contribution < 1.29 is 4.39 Å². The summed E-state index contributed by atoms with van der Waals surface area (Å²) in [6, 6.07) is 11.3. The summed E-state index contributed by atoms with van der Waals surface area (Å²) >= 11 is 1.49. The summed E-state index contributed by atoms with van der Waals surface area (Å²) in [6.07, 6.45) is 6.60. The molecule has 0 aliphatic carbocycles. The first kappa shape index (κ1) is 17.6. The fourth-order valence-corrected chi connectivity index (χ4v) is 4.40. The molecule has 0 fully saturated rings. The Morgan fingerprint density at radius 2 is 1.93 bits per heavy atom. The van der Waals surface area contributed by atoms with Crippen LogP contribution in [0.2, 0.25) is 0 Å². The molecule has 142 valence electrons. The molecule has 5 aromatic heterocycles. The van der Waals surface area contributed by atoms with Crippen molar-refractivity contribution in [2.75, 3.05) is 0 Å². The van der Waals surface area contributed by atoms with Crippen LogP contribution in [0.4, 0.5) is 4.39 Å². The van der Waals surface area contributed by atoms with Gasteiger partial charge in [0.05, 0.1) is 39.4 Å². The van der Waals surface area contributed by atoms with E-state index in [1.807, 2.05) is 38.4 Å². The molecule has 0 saturated carbocycles. The molecule has 0 unspecified atom stereocenters. The van der Waals surface area contributed by atoms with Crippen LogP contribution in [-0.4, -0.2) is 24.5 Å². The highest BCUT2D eigenvalue weighted by molar-refractivity contribution is 7.18. The molecule has 0 amide bonds. The first-order chi connectivity index (χ1) is 14.1. The van der Waals surface area contributed by atoms with Gasteiger partial charge in [0.2, 0.25) is 0 Å². The largest absolute Gasteiger partial charge is 0.350 e. The van der Waals surface area contributed by atoms with E-state index in [-0.39, 0.29) is 5.82 Å². The molecule has 0 aliphatic rings. The van der Waals surface area contributed by atoms with E-state index in [1.54, 1.807) is 12.4 Å². The zero-order valence-corrected chi connectivity index (χ0v) is 16.6. The van der Waals surface area contributed by atoms with Crippen LogP contribution in [0.5, 0.6) is 0 Å². The van der Waals surface area contributed by atoms with Gasteiger partial charge in [-0.2, -0.15) is 0 Å². The molecule has 0 spiro atoms. The Balaban J connectivity index is 1.73. The highest BCUT2D eigenvalue weighted by Gasteiger charge is 2.18. The van der Waals surface area contributed by atoms with Gasteiger partial charge in [-0.25, -0.2) is 14.4 Å². The first-order valence-corrected chi connectivity index (χ1v) is 9.88. The predicted octanol–water partition coefficient (Wildman–Crippen LogP) is 5.27. The molecule has 7 heteroatoms. The number of hydrogen-bond acceptors (Lipinski definition) is 5. The van der Waals surface area contributed by atoms with E-state index in [2.05, 4.69) is 31.7 Å². The lowest BCUT2D eigenvalue weighted by Gasteiger charge is -2.07. The third-order valence-corrected chi connectivity index (χ3v) is 5.99. The maximum absolute atomic E-state index is 13.6. The Kier molecular flexibility index (Phi) is 4.17. The van der Waals surface area contributed by atoms with Crippen molar-refractivity contribution in [2.45, 2.75) is 6.92 Å². The van der Waals surface area contributed by atoms with Crippen LogP contribution in [0.15, 0.2) is 61.2 Å². The fraction of sp³-hybridized carbons (Fsp3) is 0.0909. The lowest BCUT2D eigenvalue weighted by atomic mass is 10.1. The Morgan fingerprint density at radius 1 is 1.03 bits per heavy atom. The van der Waals surface area contributed by atoms with Crippen LogP contribution in [0, 0.1) is 12.7 Å². The molecule has 0 aliphatic heterocycles. The van der Waals surface area contributed by atoms with Gasteiger partial charge in [0.1, 0.15) is 10.8 Å². The van der Waals surface area contributed by atoms with Gasteiger partial charge < -0.3 is 4.57 Å². The second-order valence-electron chi connectivity index (χ2n) is 6.76. The molecule has 0 radical (unpaired) electrons. The molecule has 0 saturated heterocycles. The molecule has 0 atom stereocenters. The number of aromatic nitrogens is 5. The van der Waals surface area contributed by atoms with Gasteiger partial charge in [-0.05, 0) is 37.3 Å². The third-order valence-electron chi connectivity index (χ3n) is 4.77. The summed E-state index contributed by atoms with van der Waals surface area (Å²) in [5.74, 6) is -0.377. The molecule has 0 N–H and O–H groups in total. The highest BCUT2D eigenvalue weighted by Crippen LogP contribution is 2.38. The Bertz CT molecular complexity index is 1340. The molecule has 5 rings (SSSR count). The Labute approximate surface area is 170 Å². The summed E-state index contributed by atoms with van der Waals surface area (Å²) in [5, 5.41) is 1.77. The van der Waals surface area contributed by atoms with E-state index in [4.69, 9.17) is 4.98 Å². The number of aryl methyl sites for hydroxylation is 2. The van der Waals surface area contributed by atoms with Crippen LogP contribution in [-0.2, 0) is 7.05 Å². The SMILES string of the molecule is Cc1nc(-c2cncc(F)c2)sc1-c1nc(-c2ccccn2)cc2c1ccn2C. The number of rotatable bonds is 3. The molecular weight excluding hydrogens is 385 g/mol. The van der Waals surface area contributed by atoms with Crippen LogP contribution >= 0.6 is 11.3 Å². The standard InChI is InChI=1S/C22H16FN5S/c1-13-21(29-22(26-13)14-9-15(23)12-24-11-14)20-16-6-8-28(2)19(16)10-18(27-20)17-5-3-4-7-25-17/h3-12H,1-2H3. The normalized spacial score (nSPS) is 11.3. The number of thiazole rings is 1. The van der Waals surface area contributed by atoms with E-state index < -0.39 is 0 Å². The van der Waals surface area contributed by atoms with Crippen LogP contribution in [0.25, 0.3) is 43.4 Å². The van der Waals surface area contributed by atoms with Crippen LogP contribution in [0.1, 0.15) is 5.69 Å². The summed E-state index contributed by atoms with van der Waals surface area (Å²) in [4.78, 5) is 19.0. The summed E-state index contributed by atoms with van der Waals surface area (Å²) in [6.45, 7) is 1.95. The molecule has 5 nitrogen and oxygen atoms in total. The first-order valence-electron chi connectivity index (χ1n) is 9.06. The fourth-order valence-electron chi connectivity index (χ4n) is 3.35. The van der Waals surface area contributed by atoms with Gasteiger partial charge in [-0.3, -0.25) is 9.97 Å². The zero-order chi connectivity index (χ0) is 20.0.